The van der Waals surface area contributed by atoms with Crippen LogP contribution in [0.1, 0.15) is 12.8 Å². The van der Waals surface area contributed by atoms with Gasteiger partial charge in [0.1, 0.15) is 17.0 Å². The van der Waals surface area contributed by atoms with Crippen LogP contribution in [0.4, 0.5) is 40.6 Å². The molecule has 1 saturated carbocycles. The third-order valence-electron chi connectivity index (χ3n) is 6.57. The highest BCUT2D eigenvalue weighted by atomic mass is 32.2. The Morgan fingerprint density at radius 2 is 1.58 bits per heavy atom. The molecule has 0 unspecified atom stereocenters. The number of nitrogens with one attached hydrogen (secondary N) is 1. The van der Waals surface area contributed by atoms with Crippen molar-refractivity contribution in [2.45, 2.75) is 23.2 Å². The molecule has 1 heterocycles. The van der Waals surface area contributed by atoms with E-state index in [1.165, 1.54) is 59.6 Å². The van der Waals surface area contributed by atoms with Crippen LogP contribution in [-0.2, 0) is 19.4 Å². The number of alkyl halides is 3. The number of hydrogen-bond donors (Lipinski definition) is 2. The minimum Gasteiger partial charge on any atom is -0.439 e. The first kappa shape index (κ1) is 29.4. The van der Waals surface area contributed by atoms with E-state index in [2.05, 4.69) is 15.3 Å². The molecule has 0 atom stereocenters. The molecule has 1 fully saturated rings. The van der Waals surface area contributed by atoms with E-state index in [-0.39, 0.29) is 23.3 Å². The number of primary amides is 1. The van der Waals surface area contributed by atoms with Gasteiger partial charge < -0.3 is 15.8 Å². The summed E-state index contributed by atoms with van der Waals surface area (Å²) in [5, 5.41) is 2.64. The van der Waals surface area contributed by atoms with Gasteiger partial charge in [-0.1, -0.05) is 6.07 Å². The molecule has 3 aromatic carbocycles. The summed E-state index contributed by atoms with van der Waals surface area (Å²) in [4.78, 5) is 33.9. The van der Waals surface area contributed by atoms with Crippen LogP contribution >= 0.6 is 0 Å². The molecule has 0 aliphatic heterocycles. The molecule has 1 aliphatic rings. The Morgan fingerprint density at radius 3 is 2.16 bits per heavy atom. The summed E-state index contributed by atoms with van der Waals surface area (Å²) in [5.74, 6) is -1.58. The number of carbonyl (C=O) groups is 2. The molecule has 10 nitrogen and oxygen atoms in total. The van der Waals surface area contributed by atoms with E-state index < -0.39 is 43.3 Å². The van der Waals surface area contributed by atoms with Crippen LogP contribution in [0.2, 0.25) is 0 Å². The minimum atomic E-state index is -5.55. The standard InChI is InChI=1S/C28H21F4N5O5S/c29-17-4-6-19(7-5-17)37(25(39)27(13-14-27)24(33)38)20-8-10-21(11-9-20)42-23-12-15-34-26(36-23)35-18-2-1-3-22(16-18)43(40,41)28(30,31)32/h1-12,15-16H,13-14H2,(H2,33,38)(H,34,35,36). The summed E-state index contributed by atoms with van der Waals surface area (Å²) in [6, 6.07) is 16.8. The van der Waals surface area contributed by atoms with Crippen molar-refractivity contribution >= 4 is 44.7 Å². The van der Waals surface area contributed by atoms with Gasteiger partial charge >= 0.3 is 5.51 Å². The Hall–Kier alpha value is -5.05. The van der Waals surface area contributed by atoms with Crippen LogP contribution in [0.15, 0.2) is 90.0 Å². The fourth-order valence-electron chi connectivity index (χ4n) is 4.13. The van der Waals surface area contributed by atoms with E-state index in [0.29, 0.717) is 24.2 Å². The number of sulfone groups is 1. The average molecular weight is 616 g/mol. The number of nitrogens with two attached hydrogens (primary N) is 1. The second-order valence-electron chi connectivity index (χ2n) is 9.48. The predicted molar refractivity (Wildman–Crippen MR) is 146 cm³/mol. The average Bonchev–Trinajstić information content (AvgIpc) is 3.78. The second kappa shape index (κ2) is 11.0. The van der Waals surface area contributed by atoms with Gasteiger partial charge in [-0.2, -0.15) is 18.2 Å². The smallest absolute Gasteiger partial charge is 0.439 e. The maximum absolute atomic E-state index is 13.6. The van der Waals surface area contributed by atoms with Crippen LogP contribution in [-0.4, -0.2) is 35.7 Å². The fourth-order valence-corrected chi connectivity index (χ4v) is 4.93. The highest BCUT2D eigenvalue weighted by Crippen LogP contribution is 2.49. The van der Waals surface area contributed by atoms with Crippen molar-refractivity contribution in [2.75, 3.05) is 10.2 Å². The van der Waals surface area contributed by atoms with Gasteiger partial charge in [-0.05, 0) is 79.6 Å². The lowest BCUT2D eigenvalue weighted by atomic mass is 10.0. The third-order valence-corrected chi connectivity index (χ3v) is 8.06. The van der Waals surface area contributed by atoms with Gasteiger partial charge in [0, 0.05) is 29.3 Å². The molecule has 222 valence electrons. The molecule has 0 radical (unpaired) electrons. The fraction of sp³-hybridized carbons (Fsp3) is 0.143. The number of benzene rings is 3. The number of carbonyl (C=O) groups excluding carboxylic acids is 2. The number of ether oxygens (including phenoxy) is 1. The van der Waals surface area contributed by atoms with E-state index in [1.807, 2.05) is 0 Å². The monoisotopic (exact) mass is 615 g/mol. The number of amides is 2. The van der Waals surface area contributed by atoms with E-state index in [9.17, 15) is 35.6 Å². The summed E-state index contributed by atoms with van der Waals surface area (Å²) < 4.78 is 81.6. The molecule has 0 saturated heterocycles. The Morgan fingerprint density at radius 1 is 0.953 bits per heavy atom. The number of rotatable bonds is 9. The molecule has 15 heteroatoms. The van der Waals surface area contributed by atoms with Crippen LogP contribution in [0.5, 0.6) is 11.6 Å². The molecule has 43 heavy (non-hydrogen) atoms. The summed E-state index contributed by atoms with van der Waals surface area (Å²) >= 11 is 0. The van der Waals surface area contributed by atoms with Crippen molar-refractivity contribution in [1.29, 1.82) is 0 Å². The highest BCUT2D eigenvalue weighted by molar-refractivity contribution is 7.92. The Bertz CT molecular complexity index is 1800. The molecule has 0 spiro atoms. The first-order chi connectivity index (χ1) is 20.3. The third kappa shape index (κ3) is 5.97. The normalized spacial score (nSPS) is 14.0. The van der Waals surface area contributed by atoms with Gasteiger partial charge in [-0.25, -0.2) is 17.8 Å². The molecule has 3 N–H and O–H groups in total. The number of nitrogens with zero attached hydrogens (tertiary/aromatic N) is 3. The summed E-state index contributed by atoms with van der Waals surface area (Å²) in [6.45, 7) is 0. The lowest BCUT2D eigenvalue weighted by Gasteiger charge is -2.26. The van der Waals surface area contributed by atoms with Crippen molar-refractivity contribution < 1.29 is 40.3 Å². The SMILES string of the molecule is NC(=O)C1(C(=O)N(c2ccc(F)cc2)c2ccc(Oc3ccnc(Nc4cccc(S(=O)(=O)C(F)(F)F)c4)n3)cc2)CC1. The van der Waals surface area contributed by atoms with Gasteiger partial charge in [0.2, 0.25) is 23.6 Å². The molecular formula is C28H21F4N5O5S. The Kier molecular flexibility index (Phi) is 7.52. The number of anilines is 4. The molecule has 2 amide bonds. The van der Waals surface area contributed by atoms with Gasteiger partial charge in [-0.3, -0.25) is 14.5 Å². The lowest BCUT2D eigenvalue weighted by molar-refractivity contribution is -0.133. The van der Waals surface area contributed by atoms with E-state index in [0.717, 1.165) is 18.2 Å². The first-order valence-corrected chi connectivity index (χ1v) is 14.0. The Balaban J connectivity index is 1.35. The summed E-state index contributed by atoms with van der Waals surface area (Å²) in [5.41, 5.74) is -0.625. The van der Waals surface area contributed by atoms with Crippen LogP contribution in [0.3, 0.4) is 0 Å². The predicted octanol–water partition coefficient (Wildman–Crippen LogP) is 5.38. The van der Waals surface area contributed by atoms with Crippen LogP contribution in [0.25, 0.3) is 0 Å². The van der Waals surface area contributed by atoms with Crippen molar-refractivity contribution in [3.05, 3.63) is 90.9 Å². The quantitative estimate of drug-likeness (QED) is 0.189. The number of hydrogen-bond acceptors (Lipinski definition) is 8. The Labute approximate surface area is 242 Å². The topological polar surface area (TPSA) is 145 Å². The maximum atomic E-state index is 13.6. The van der Waals surface area contributed by atoms with Crippen LogP contribution in [0, 0.1) is 11.2 Å². The van der Waals surface area contributed by atoms with E-state index in [4.69, 9.17) is 10.5 Å². The number of aromatic nitrogens is 2. The molecular weight excluding hydrogens is 594 g/mol. The van der Waals surface area contributed by atoms with Gasteiger partial charge in [0.15, 0.2) is 0 Å². The molecule has 1 aliphatic carbocycles. The molecule has 5 rings (SSSR count). The van der Waals surface area contributed by atoms with Gasteiger partial charge in [0.25, 0.3) is 9.84 Å². The highest BCUT2D eigenvalue weighted by Gasteiger charge is 2.57. The van der Waals surface area contributed by atoms with Crippen LogP contribution < -0.4 is 20.7 Å². The van der Waals surface area contributed by atoms with Crippen molar-refractivity contribution in [3.8, 4) is 11.6 Å². The van der Waals surface area contributed by atoms with Crippen molar-refractivity contribution in [1.82, 2.24) is 9.97 Å². The van der Waals surface area contributed by atoms with Gasteiger partial charge in [-0.15, -0.1) is 0 Å². The molecule has 1 aromatic heterocycles. The summed E-state index contributed by atoms with van der Waals surface area (Å²) in [7, 11) is -5.55. The molecule has 4 aromatic rings. The first-order valence-electron chi connectivity index (χ1n) is 12.5. The number of halogens is 4. The maximum Gasteiger partial charge on any atom is 0.501 e. The minimum absolute atomic E-state index is 0.0122. The van der Waals surface area contributed by atoms with Crippen molar-refractivity contribution in [3.63, 3.8) is 0 Å². The zero-order valence-electron chi connectivity index (χ0n) is 21.9. The van der Waals surface area contributed by atoms with E-state index >= 15 is 0 Å². The van der Waals surface area contributed by atoms with Gasteiger partial charge in [0.05, 0.1) is 4.90 Å². The zero-order valence-corrected chi connectivity index (χ0v) is 22.7. The zero-order chi connectivity index (χ0) is 31.0. The molecule has 0 bridgehead atoms. The largest absolute Gasteiger partial charge is 0.501 e. The second-order valence-corrected chi connectivity index (χ2v) is 11.4. The van der Waals surface area contributed by atoms with E-state index in [1.54, 1.807) is 12.1 Å². The van der Waals surface area contributed by atoms with Crippen molar-refractivity contribution in [2.24, 2.45) is 11.1 Å². The summed E-state index contributed by atoms with van der Waals surface area (Å²) in [6.07, 6.45) is 1.91. The lowest BCUT2D eigenvalue weighted by Crippen LogP contribution is -2.41.